The third-order valence-corrected chi connectivity index (χ3v) is 16.7. The molecule has 18 aromatic rings. The number of benzene rings is 12. The smallest absolute Gasteiger partial charge is 0.220 e. The van der Waals surface area contributed by atoms with Crippen molar-refractivity contribution in [3.8, 4) is 50.4 Å². The Hall–Kier alpha value is -11.6. The molecular formula is C78H57N9. The highest BCUT2D eigenvalue weighted by atomic mass is 15.2. The summed E-state index contributed by atoms with van der Waals surface area (Å²) in [5.41, 5.74) is 27.8. The van der Waals surface area contributed by atoms with E-state index in [2.05, 4.69) is 321 Å². The van der Waals surface area contributed by atoms with Gasteiger partial charge >= 0.3 is 0 Å². The van der Waals surface area contributed by atoms with Crippen LogP contribution in [0.15, 0.2) is 291 Å². The molecule has 0 spiro atoms. The lowest BCUT2D eigenvalue weighted by molar-refractivity contribution is 1.11. The molecule has 0 unspecified atom stereocenters. The fourth-order valence-corrected chi connectivity index (χ4v) is 12.6. The SMILES string of the molecule is Cc1ccc2c(c1)n1c3ccccc3nc1n2-c1cccc(-c2ccc(-c3ccccc3)cc2)c1.Cc1ccc2nc3n(-c4ccc(-c5ccccc5)cc4)c4ccccc4n3c2c1.Cc1ccc2nc3n(-c4ccccc4)c4ccccc4n3c2c1. The zero-order chi connectivity index (χ0) is 58.1. The van der Waals surface area contributed by atoms with E-state index < -0.39 is 0 Å². The maximum absolute atomic E-state index is 5.03. The van der Waals surface area contributed by atoms with Gasteiger partial charge in [-0.2, -0.15) is 0 Å². The van der Waals surface area contributed by atoms with E-state index in [1.807, 2.05) is 18.2 Å². The van der Waals surface area contributed by atoms with Gasteiger partial charge in [0.05, 0.1) is 66.2 Å². The molecule has 0 aliphatic rings. The van der Waals surface area contributed by atoms with Crippen molar-refractivity contribution >= 4 is 83.5 Å². The molecule has 0 saturated carbocycles. The standard InChI is InChI=1S/C32H23N3.C26H19N3.C20H15N3/c1-22-14-19-30-31(20-22)35-29-13-6-5-12-28(29)33-32(35)34(30)27-11-7-10-26(21-27)25-17-15-24(16-18-25)23-8-3-2-4-9-23;1-18-11-16-22-25(17-18)29-24-10-6-5-9-23(24)28(26(29)27-22)21-14-12-20(13-15-21)19-7-3-2-4-8-19;1-14-11-12-16-19(13-14)23-18-10-6-5-9-17(18)22(20(23)21-16)15-7-3-2-4-8-15/h2-21H,1H3;2-17H,1H3;2-13H,1H3. The Labute approximate surface area is 501 Å². The summed E-state index contributed by atoms with van der Waals surface area (Å²) in [6, 6.07) is 102. The van der Waals surface area contributed by atoms with E-state index in [0.717, 1.165) is 78.5 Å². The summed E-state index contributed by atoms with van der Waals surface area (Å²) < 4.78 is 13.5. The molecular weight excluding hydrogens is 1060 g/mol. The van der Waals surface area contributed by atoms with Gasteiger partial charge < -0.3 is 0 Å². The highest BCUT2D eigenvalue weighted by Gasteiger charge is 2.21. The van der Waals surface area contributed by atoms with E-state index in [4.69, 9.17) is 15.0 Å². The summed E-state index contributed by atoms with van der Waals surface area (Å²) in [6.45, 7) is 6.39. The van der Waals surface area contributed by atoms with Crippen molar-refractivity contribution in [3.05, 3.63) is 308 Å². The van der Waals surface area contributed by atoms with Crippen molar-refractivity contribution in [1.29, 1.82) is 0 Å². The monoisotopic (exact) mass is 1120 g/mol. The van der Waals surface area contributed by atoms with Crippen LogP contribution in [0, 0.1) is 20.8 Å². The average molecular weight is 1120 g/mol. The van der Waals surface area contributed by atoms with Crippen LogP contribution in [-0.2, 0) is 0 Å². The molecule has 0 N–H and O–H groups in total. The number of fused-ring (bicyclic) bond motifs is 15. The average Bonchev–Trinajstić information content (AvgIpc) is 1.79. The van der Waals surface area contributed by atoms with Gasteiger partial charge in [0.15, 0.2) is 0 Å². The highest BCUT2D eigenvalue weighted by molar-refractivity contribution is 5.95. The number of rotatable bonds is 6. The minimum Gasteiger partial charge on any atom is -0.278 e. The van der Waals surface area contributed by atoms with Crippen LogP contribution in [0.4, 0.5) is 0 Å². The second kappa shape index (κ2) is 21.0. The van der Waals surface area contributed by atoms with Crippen LogP contribution in [0.2, 0.25) is 0 Å². The van der Waals surface area contributed by atoms with Crippen LogP contribution in [0.3, 0.4) is 0 Å². The van der Waals surface area contributed by atoms with E-state index in [1.165, 1.54) is 72.1 Å². The number of aryl methyl sites for hydroxylation is 3. The summed E-state index contributed by atoms with van der Waals surface area (Å²) in [4.78, 5) is 14.9. The molecule has 9 nitrogen and oxygen atoms in total. The van der Waals surface area contributed by atoms with Crippen LogP contribution in [0.25, 0.3) is 134 Å². The maximum atomic E-state index is 5.03. The van der Waals surface area contributed by atoms with Gasteiger partial charge in [0, 0.05) is 17.1 Å². The Morgan fingerprint density at radius 2 is 0.540 bits per heavy atom. The molecule has 0 atom stereocenters. The number of nitrogens with zero attached hydrogens (tertiary/aromatic N) is 9. The van der Waals surface area contributed by atoms with Gasteiger partial charge in [-0.1, -0.05) is 182 Å². The van der Waals surface area contributed by atoms with Gasteiger partial charge in [0.1, 0.15) is 0 Å². The Kier molecular flexibility index (Phi) is 12.3. The lowest BCUT2D eigenvalue weighted by Gasteiger charge is -2.09. The van der Waals surface area contributed by atoms with Gasteiger partial charge in [0.2, 0.25) is 17.3 Å². The summed E-state index contributed by atoms with van der Waals surface area (Å²) >= 11 is 0. The summed E-state index contributed by atoms with van der Waals surface area (Å²) in [5, 5.41) is 0. The Morgan fingerprint density at radius 1 is 0.207 bits per heavy atom. The lowest BCUT2D eigenvalue weighted by atomic mass is 10.00. The second-order valence-corrected chi connectivity index (χ2v) is 22.4. The first-order valence-corrected chi connectivity index (χ1v) is 29.5. The van der Waals surface area contributed by atoms with Crippen LogP contribution >= 0.6 is 0 Å². The second-order valence-electron chi connectivity index (χ2n) is 22.4. The molecule has 87 heavy (non-hydrogen) atoms. The van der Waals surface area contributed by atoms with Crippen LogP contribution in [0.5, 0.6) is 0 Å². The van der Waals surface area contributed by atoms with E-state index in [9.17, 15) is 0 Å². The summed E-state index contributed by atoms with van der Waals surface area (Å²) in [5.74, 6) is 2.83. The number of para-hydroxylation sites is 7. The molecule has 0 aliphatic heterocycles. The first-order chi connectivity index (χ1) is 42.9. The largest absolute Gasteiger partial charge is 0.278 e. The fraction of sp³-hybridized carbons (Fsp3) is 0.0385. The minimum absolute atomic E-state index is 0.934. The van der Waals surface area contributed by atoms with Gasteiger partial charge in [0.25, 0.3) is 0 Å². The van der Waals surface area contributed by atoms with Crippen molar-refractivity contribution in [3.63, 3.8) is 0 Å². The van der Waals surface area contributed by atoms with Crippen molar-refractivity contribution in [2.45, 2.75) is 20.8 Å². The summed E-state index contributed by atoms with van der Waals surface area (Å²) in [7, 11) is 0. The van der Waals surface area contributed by atoms with Crippen molar-refractivity contribution in [2.24, 2.45) is 0 Å². The lowest BCUT2D eigenvalue weighted by Crippen LogP contribution is -1.95. The third kappa shape index (κ3) is 8.82. The normalized spacial score (nSPS) is 11.6. The Bertz CT molecular complexity index is 5590. The quantitative estimate of drug-likeness (QED) is 0.167. The van der Waals surface area contributed by atoms with Crippen LogP contribution in [-0.4, -0.2) is 41.9 Å². The molecule has 6 aromatic heterocycles. The van der Waals surface area contributed by atoms with E-state index >= 15 is 0 Å². The highest BCUT2D eigenvalue weighted by Crippen LogP contribution is 2.35. The zero-order valence-corrected chi connectivity index (χ0v) is 48.2. The first-order valence-electron chi connectivity index (χ1n) is 29.5. The molecule has 0 radical (unpaired) electrons. The topological polar surface area (TPSA) is 66.7 Å². The predicted octanol–water partition coefficient (Wildman–Crippen LogP) is 19.2. The molecule has 18 rings (SSSR count). The van der Waals surface area contributed by atoms with E-state index in [0.29, 0.717) is 0 Å². The Morgan fingerprint density at radius 3 is 1.07 bits per heavy atom. The van der Waals surface area contributed by atoms with E-state index in [-0.39, 0.29) is 0 Å². The van der Waals surface area contributed by atoms with Gasteiger partial charge in [-0.05, 0) is 180 Å². The van der Waals surface area contributed by atoms with Crippen molar-refractivity contribution < 1.29 is 0 Å². The third-order valence-electron chi connectivity index (χ3n) is 16.7. The zero-order valence-electron chi connectivity index (χ0n) is 48.2. The predicted molar refractivity (Wildman–Crippen MR) is 359 cm³/mol. The molecule has 0 amide bonds. The molecule has 414 valence electrons. The van der Waals surface area contributed by atoms with Gasteiger partial charge in [-0.3, -0.25) is 26.9 Å². The first kappa shape index (κ1) is 51.1. The molecule has 12 aromatic carbocycles. The number of hydrogen-bond donors (Lipinski definition) is 0. The van der Waals surface area contributed by atoms with Crippen molar-refractivity contribution in [2.75, 3.05) is 0 Å². The minimum atomic E-state index is 0.934. The molecule has 0 saturated heterocycles. The number of hydrogen-bond acceptors (Lipinski definition) is 3. The Balaban J connectivity index is 0.000000108. The van der Waals surface area contributed by atoms with Crippen molar-refractivity contribution in [1.82, 2.24) is 41.9 Å². The van der Waals surface area contributed by atoms with E-state index in [1.54, 1.807) is 0 Å². The molecule has 9 heteroatoms. The molecule has 0 fully saturated rings. The summed E-state index contributed by atoms with van der Waals surface area (Å²) in [6.07, 6.45) is 0. The number of imidazole rings is 6. The molecule has 6 heterocycles. The van der Waals surface area contributed by atoms with Crippen LogP contribution < -0.4 is 0 Å². The van der Waals surface area contributed by atoms with Gasteiger partial charge in [-0.25, -0.2) is 15.0 Å². The fourth-order valence-electron chi connectivity index (χ4n) is 12.6. The molecule has 0 aliphatic carbocycles. The maximum Gasteiger partial charge on any atom is 0.220 e. The molecule has 0 bridgehead atoms. The number of aromatic nitrogens is 9. The van der Waals surface area contributed by atoms with Crippen LogP contribution in [0.1, 0.15) is 16.7 Å². The van der Waals surface area contributed by atoms with Gasteiger partial charge in [-0.15, -0.1) is 0 Å².